The first-order valence-electron chi connectivity index (χ1n) is 10.3. The minimum Gasteiger partial charge on any atom is -0.481 e. The zero-order chi connectivity index (χ0) is 21.1. The summed E-state index contributed by atoms with van der Waals surface area (Å²) in [6, 6.07) is 5.80. The molecule has 1 heterocycles. The van der Waals surface area contributed by atoms with Gasteiger partial charge in [0.15, 0.2) is 6.10 Å². The molecule has 0 aliphatic heterocycles. The molecule has 0 spiro atoms. The van der Waals surface area contributed by atoms with Crippen LogP contribution in [0, 0.1) is 19.8 Å². The normalized spacial score (nSPS) is 16.8. The summed E-state index contributed by atoms with van der Waals surface area (Å²) >= 11 is 1.49. The molecular formula is C23H30N2O3S. The number of thiophene rings is 1. The van der Waals surface area contributed by atoms with Gasteiger partial charge in [-0.2, -0.15) is 0 Å². The summed E-state index contributed by atoms with van der Waals surface area (Å²) in [4.78, 5) is 26.2. The Hall–Kier alpha value is -2.34. The van der Waals surface area contributed by atoms with Gasteiger partial charge in [0.2, 0.25) is 0 Å². The Morgan fingerprint density at radius 3 is 2.66 bits per heavy atom. The number of primary amides is 1. The third-order valence-corrected chi connectivity index (χ3v) is 7.02. The minimum atomic E-state index is -0.639. The largest absolute Gasteiger partial charge is 0.481 e. The van der Waals surface area contributed by atoms with E-state index in [9.17, 15) is 9.59 Å². The molecule has 0 saturated heterocycles. The highest BCUT2D eigenvalue weighted by atomic mass is 32.1. The van der Waals surface area contributed by atoms with Crippen molar-refractivity contribution in [2.45, 2.75) is 65.9 Å². The molecule has 29 heavy (non-hydrogen) atoms. The molecule has 5 nitrogen and oxygen atoms in total. The van der Waals surface area contributed by atoms with Crippen LogP contribution in [-0.2, 0) is 17.6 Å². The molecule has 2 atom stereocenters. The highest BCUT2D eigenvalue weighted by Crippen LogP contribution is 2.40. The van der Waals surface area contributed by atoms with E-state index in [0.29, 0.717) is 28.7 Å². The maximum Gasteiger partial charge on any atom is 0.266 e. The second kappa shape index (κ2) is 8.99. The van der Waals surface area contributed by atoms with Crippen LogP contribution in [0.4, 0.5) is 5.00 Å². The number of aryl methyl sites for hydroxylation is 2. The summed E-state index contributed by atoms with van der Waals surface area (Å²) in [5, 5.41) is 3.49. The number of carbonyl (C=O) groups excluding carboxylic acids is 2. The Kier molecular flexibility index (Phi) is 6.63. The predicted molar refractivity (Wildman–Crippen MR) is 118 cm³/mol. The first-order chi connectivity index (χ1) is 13.8. The molecule has 2 aromatic rings. The van der Waals surface area contributed by atoms with Gasteiger partial charge in [0.25, 0.3) is 11.8 Å². The first-order valence-corrected chi connectivity index (χ1v) is 11.1. The number of fused-ring (bicyclic) bond motifs is 1. The van der Waals surface area contributed by atoms with Gasteiger partial charge >= 0.3 is 0 Å². The van der Waals surface area contributed by atoms with Gasteiger partial charge in [-0.15, -0.1) is 11.3 Å². The number of ether oxygens (including phenoxy) is 1. The Labute approximate surface area is 176 Å². The van der Waals surface area contributed by atoms with Crippen molar-refractivity contribution in [3.05, 3.63) is 45.3 Å². The van der Waals surface area contributed by atoms with Crippen molar-refractivity contribution in [3.63, 3.8) is 0 Å². The van der Waals surface area contributed by atoms with E-state index in [1.54, 1.807) is 0 Å². The van der Waals surface area contributed by atoms with E-state index >= 15 is 0 Å². The van der Waals surface area contributed by atoms with Crippen molar-refractivity contribution in [2.75, 3.05) is 5.32 Å². The fourth-order valence-electron chi connectivity index (χ4n) is 3.82. The Bertz CT molecular complexity index is 919. The van der Waals surface area contributed by atoms with E-state index in [-0.39, 0.29) is 5.91 Å². The van der Waals surface area contributed by atoms with Crippen molar-refractivity contribution in [2.24, 2.45) is 11.7 Å². The van der Waals surface area contributed by atoms with E-state index in [2.05, 4.69) is 12.2 Å². The van der Waals surface area contributed by atoms with Gasteiger partial charge < -0.3 is 15.8 Å². The zero-order valence-corrected chi connectivity index (χ0v) is 18.4. The lowest BCUT2D eigenvalue weighted by atomic mass is 9.85. The molecule has 3 N–H and O–H groups in total. The van der Waals surface area contributed by atoms with Gasteiger partial charge in [-0.1, -0.05) is 26.3 Å². The van der Waals surface area contributed by atoms with Gasteiger partial charge in [-0.25, -0.2) is 0 Å². The topological polar surface area (TPSA) is 81.4 Å². The lowest BCUT2D eigenvalue weighted by molar-refractivity contribution is -0.122. The van der Waals surface area contributed by atoms with Crippen LogP contribution in [0.5, 0.6) is 5.75 Å². The van der Waals surface area contributed by atoms with Crippen molar-refractivity contribution in [1.82, 2.24) is 0 Å². The third kappa shape index (κ3) is 4.64. The van der Waals surface area contributed by atoms with E-state index < -0.39 is 12.0 Å². The highest BCUT2D eigenvalue weighted by Gasteiger charge is 2.29. The minimum absolute atomic E-state index is 0.251. The number of carbonyl (C=O) groups is 2. The summed E-state index contributed by atoms with van der Waals surface area (Å²) in [7, 11) is 0. The summed E-state index contributed by atoms with van der Waals surface area (Å²) in [5.41, 5.74) is 9.47. The van der Waals surface area contributed by atoms with Crippen molar-refractivity contribution in [1.29, 1.82) is 0 Å². The molecule has 0 fully saturated rings. The number of benzene rings is 1. The molecule has 156 valence electrons. The molecule has 0 unspecified atom stereocenters. The van der Waals surface area contributed by atoms with Crippen LogP contribution in [0.15, 0.2) is 18.2 Å². The highest BCUT2D eigenvalue weighted by molar-refractivity contribution is 7.17. The van der Waals surface area contributed by atoms with Gasteiger partial charge in [0.1, 0.15) is 10.8 Å². The quantitative estimate of drug-likeness (QED) is 0.684. The molecule has 0 bridgehead atoms. The average molecular weight is 415 g/mol. The number of nitrogens with one attached hydrogen (secondary N) is 1. The smallest absolute Gasteiger partial charge is 0.266 e. The van der Waals surface area contributed by atoms with Crippen LogP contribution >= 0.6 is 11.3 Å². The summed E-state index contributed by atoms with van der Waals surface area (Å²) in [5.74, 6) is 0.568. The fourth-order valence-corrected chi connectivity index (χ4v) is 5.19. The number of hydrogen-bond donors (Lipinski definition) is 2. The monoisotopic (exact) mass is 414 g/mol. The second-order valence-electron chi connectivity index (χ2n) is 7.84. The summed E-state index contributed by atoms with van der Waals surface area (Å²) in [6.45, 7) is 8.15. The van der Waals surface area contributed by atoms with Gasteiger partial charge in [0.05, 0.1) is 5.56 Å². The van der Waals surface area contributed by atoms with E-state index in [1.165, 1.54) is 21.8 Å². The van der Waals surface area contributed by atoms with Gasteiger partial charge in [-0.05, 0) is 74.3 Å². The average Bonchev–Trinajstić information content (AvgIpc) is 3.05. The summed E-state index contributed by atoms with van der Waals surface area (Å²) < 4.78 is 5.95. The van der Waals surface area contributed by atoms with Gasteiger partial charge in [-0.3, -0.25) is 9.59 Å². The first kappa shape index (κ1) is 21.4. The van der Waals surface area contributed by atoms with Crippen LogP contribution in [0.2, 0.25) is 0 Å². The lowest BCUT2D eigenvalue weighted by Crippen LogP contribution is -2.32. The standard InChI is InChI=1S/C23H30N2O3S/c1-5-15-8-10-17-19(12-15)29-23(20(17)21(24)26)25-22(27)18(6-2)28-16-9-7-13(3)14(4)11-16/h7,9,11,15,18H,5-6,8,10,12H2,1-4H3,(H2,24,26)(H,25,27)/t15-,18-/m1/s1. The number of rotatable bonds is 7. The van der Waals surface area contributed by atoms with E-state index in [1.807, 2.05) is 39.0 Å². The molecule has 0 saturated carbocycles. The van der Waals surface area contributed by atoms with Crippen molar-refractivity contribution >= 4 is 28.2 Å². The molecule has 2 amide bonds. The Balaban J connectivity index is 1.80. The molecule has 6 heteroatoms. The second-order valence-corrected chi connectivity index (χ2v) is 8.94. The van der Waals surface area contributed by atoms with E-state index in [4.69, 9.17) is 10.5 Å². The predicted octanol–water partition coefficient (Wildman–Crippen LogP) is 4.77. The maximum atomic E-state index is 12.9. The van der Waals surface area contributed by atoms with Crippen LogP contribution in [0.3, 0.4) is 0 Å². The Morgan fingerprint density at radius 2 is 2.03 bits per heavy atom. The molecule has 1 aromatic heterocycles. The van der Waals surface area contributed by atoms with Crippen molar-refractivity contribution < 1.29 is 14.3 Å². The number of anilines is 1. The fraction of sp³-hybridized carbons (Fsp3) is 0.478. The SMILES string of the molecule is CC[C@@H]1CCc2c(sc(NC(=O)[C@@H](CC)Oc3ccc(C)c(C)c3)c2C(N)=O)C1. The maximum absolute atomic E-state index is 12.9. The summed E-state index contributed by atoms with van der Waals surface area (Å²) in [6.07, 6.45) is 3.85. The van der Waals surface area contributed by atoms with Crippen LogP contribution in [0.1, 0.15) is 65.0 Å². The number of hydrogen-bond acceptors (Lipinski definition) is 4. The number of amides is 2. The van der Waals surface area contributed by atoms with Crippen molar-refractivity contribution in [3.8, 4) is 5.75 Å². The lowest BCUT2D eigenvalue weighted by Gasteiger charge is -2.20. The molecular weight excluding hydrogens is 384 g/mol. The molecule has 1 aliphatic rings. The van der Waals surface area contributed by atoms with Crippen LogP contribution in [-0.4, -0.2) is 17.9 Å². The van der Waals surface area contributed by atoms with Crippen LogP contribution in [0.25, 0.3) is 0 Å². The Morgan fingerprint density at radius 1 is 1.28 bits per heavy atom. The molecule has 1 aromatic carbocycles. The number of nitrogens with two attached hydrogens (primary N) is 1. The third-order valence-electron chi connectivity index (χ3n) is 5.85. The molecule has 0 radical (unpaired) electrons. The molecule has 3 rings (SSSR count). The zero-order valence-electron chi connectivity index (χ0n) is 17.6. The van der Waals surface area contributed by atoms with Gasteiger partial charge in [0, 0.05) is 4.88 Å². The molecule has 1 aliphatic carbocycles. The van der Waals surface area contributed by atoms with E-state index in [0.717, 1.165) is 36.8 Å². The van der Waals surface area contributed by atoms with Crippen LogP contribution < -0.4 is 15.8 Å².